The molecule has 0 radical (unpaired) electrons. The van der Waals surface area contributed by atoms with Crippen molar-refractivity contribution in [3.8, 4) is 0 Å². The van der Waals surface area contributed by atoms with Crippen LogP contribution in [0.15, 0.2) is 42.7 Å². The number of fused-ring (bicyclic) bond motifs is 1. The average molecular weight is 353 g/mol. The SMILES string of the molecule is CC(C)c1ccc(NC(=S)Nc2cnc3c(cnn3C(C)C)c2)cc1. The fraction of sp³-hybridized carbons (Fsp3) is 0.316. The van der Waals surface area contributed by atoms with Crippen LogP contribution in [0, 0.1) is 0 Å². The largest absolute Gasteiger partial charge is 0.332 e. The minimum absolute atomic E-state index is 0.278. The molecule has 3 aromatic rings. The van der Waals surface area contributed by atoms with E-state index < -0.39 is 0 Å². The Labute approximate surface area is 153 Å². The molecule has 1 aromatic carbocycles. The number of benzene rings is 1. The van der Waals surface area contributed by atoms with Gasteiger partial charge in [-0.15, -0.1) is 0 Å². The molecule has 25 heavy (non-hydrogen) atoms. The van der Waals surface area contributed by atoms with Crippen LogP contribution in [0.2, 0.25) is 0 Å². The summed E-state index contributed by atoms with van der Waals surface area (Å²) in [6.07, 6.45) is 3.60. The topological polar surface area (TPSA) is 54.8 Å². The molecule has 0 aliphatic carbocycles. The van der Waals surface area contributed by atoms with Crippen LogP contribution in [0.4, 0.5) is 11.4 Å². The van der Waals surface area contributed by atoms with Crippen molar-refractivity contribution in [1.82, 2.24) is 14.8 Å². The van der Waals surface area contributed by atoms with E-state index >= 15 is 0 Å². The van der Waals surface area contributed by atoms with E-state index in [9.17, 15) is 0 Å². The molecule has 0 fully saturated rings. The number of hydrogen-bond donors (Lipinski definition) is 2. The van der Waals surface area contributed by atoms with E-state index in [4.69, 9.17) is 12.2 Å². The summed E-state index contributed by atoms with van der Waals surface area (Å²) in [6.45, 7) is 8.53. The van der Waals surface area contributed by atoms with Crippen LogP contribution in [0.3, 0.4) is 0 Å². The summed E-state index contributed by atoms with van der Waals surface area (Å²) in [5, 5.41) is 12.3. The maximum atomic E-state index is 5.40. The highest BCUT2D eigenvalue weighted by molar-refractivity contribution is 7.80. The molecular weight excluding hydrogens is 330 g/mol. The van der Waals surface area contributed by atoms with Crippen LogP contribution < -0.4 is 10.6 Å². The maximum Gasteiger partial charge on any atom is 0.175 e. The van der Waals surface area contributed by atoms with Gasteiger partial charge in [-0.1, -0.05) is 26.0 Å². The second-order valence-electron chi connectivity index (χ2n) is 6.68. The predicted molar refractivity (Wildman–Crippen MR) is 108 cm³/mol. The van der Waals surface area contributed by atoms with Gasteiger partial charge in [0.2, 0.25) is 0 Å². The third-order valence-electron chi connectivity index (χ3n) is 4.02. The number of nitrogens with one attached hydrogen (secondary N) is 2. The van der Waals surface area contributed by atoms with Crippen molar-refractivity contribution in [3.63, 3.8) is 0 Å². The highest BCUT2D eigenvalue weighted by Gasteiger charge is 2.08. The molecule has 0 saturated heterocycles. The molecule has 0 bridgehead atoms. The molecule has 0 spiro atoms. The maximum absolute atomic E-state index is 5.40. The quantitative estimate of drug-likeness (QED) is 0.650. The summed E-state index contributed by atoms with van der Waals surface area (Å²) < 4.78 is 1.91. The molecule has 0 unspecified atom stereocenters. The van der Waals surface area contributed by atoms with Gasteiger partial charge in [-0.3, -0.25) is 0 Å². The summed E-state index contributed by atoms with van der Waals surface area (Å²) in [5.74, 6) is 0.517. The Morgan fingerprint density at radius 2 is 1.68 bits per heavy atom. The molecule has 0 aliphatic heterocycles. The lowest BCUT2D eigenvalue weighted by molar-refractivity contribution is 0.546. The molecule has 0 saturated carbocycles. The summed E-state index contributed by atoms with van der Waals surface area (Å²) in [5.41, 5.74) is 3.99. The Kier molecular flexibility index (Phi) is 4.99. The van der Waals surface area contributed by atoms with E-state index in [1.807, 2.05) is 29.1 Å². The van der Waals surface area contributed by atoms with E-state index in [2.05, 4.69) is 60.5 Å². The van der Waals surface area contributed by atoms with Crippen molar-refractivity contribution in [3.05, 3.63) is 48.3 Å². The van der Waals surface area contributed by atoms with E-state index in [1.165, 1.54) is 5.56 Å². The lowest BCUT2D eigenvalue weighted by atomic mass is 10.0. The molecule has 6 heteroatoms. The zero-order chi connectivity index (χ0) is 18.0. The molecule has 130 valence electrons. The first-order chi connectivity index (χ1) is 11.9. The molecular formula is C19H23N5S. The van der Waals surface area contributed by atoms with E-state index in [-0.39, 0.29) is 6.04 Å². The number of pyridine rings is 1. The van der Waals surface area contributed by atoms with Gasteiger partial charge in [0, 0.05) is 17.1 Å². The van der Waals surface area contributed by atoms with Crippen LogP contribution >= 0.6 is 12.2 Å². The number of hydrogen-bond acceptors (Lipinski definition) is 3. The number of nitrogens with zero attached hydrogens (tertiary/aromatic N) is 3. The Hall–Kier alpha value is -2.47. The number of aromatic nitrogens is 3. The fourth-order valence-corrected chi connectivity index (χ4v) is 2.87. The molecule has 2 aromatic heterocycles. The molecule has 5 nitrogen and oxygen atoms in total. The van der Waals surface area contributed by atoms with Crippen molar-refractivity contribution in [2.75, 3.05) is 10.6 Å². The van der Waals surface area contributed by atoms with E-state index in [0.717, 1.165) is 22.4 Å². The first-order valence-electron chi connectivity index (χ1n) is 8.45. The zero-order valence-corrected chi connectivity index (χ0v) is 15.8. The molecule has 0 amide bonds. The van der Waals surface area contributed by atoms with Crippen molar-refractivity contribution < 1.29 is 0 Å². The normalized spacial score (nSPS) is 11.3. The second kappa shape index (κ2) is 7.19. The monoisotopic (exact) mass is 353 g/mol. The van der Waals surface area contributed by atoms with Gasteiger partial charge < -0.3 is 10.6 Å². The minimum atomic E-state index is 0.278. The van der Waals surface area contributed by atoms with E-state index in [0.29, 0.717) is 11.0 Å². The van der Waals surface area contributed by atoms with Crippen LogP contribution in [0.25, 0.3) is 11.0 Å². The number of anilines is 2. The summed E-state index contributed by atoms with van der Waals surface area (Å²) in [4.78, 5) is 4.50. The van der Waals surface area contributed by atoms with E-state index in [1.54, 1.807) is 6.20 Å². The third kappa shape index (κ3) is 3.96. The second-order valence-corrected chi connectivity index (χ2v) is 7.08. The van der Waals surface area contributed by atoms with Crippen molar-refractivity contribution in [2.24, 2.45) is 0 Å². The van der Waals surface area contributed by atoms with Crippen molar-refractivity contribution >= 4 is 39.7 Å². The number of thiocarbonyl (C=S) groups is 1. The van der Waals surface area contributed by atoms with Crippen LogP contribution in [-0.4, -0.2) is 19.9 Å². The first-order valence-corrected chi connectivity index (χ1v) is 8.86. The summed E-state index contributed by atoms with van der Waals surface area (Å²) in [7, 11) is 0. The van der Waals surface area contributed by atoms with Gasteiger partial charge in [-0.2, -0.15) is 5.10 Å². The zero-order valence-electron chi connectivity index (χ0n) is 14.9. The summed E-state index contributed by atoms with van der Waals surface area (Å²) >= 11 is 5.40. The van der Waals surface area contributed by atoms with Crippen molar-refractivity contribution in [1.29, 1.82) is 0 Å². The molecule has 0 atom stereocenters. The van der Waals surface area contributed by atoms with Crippen LogP contribution in [0.5, 0.6) is 0 Å². The van der Waals surface area contributed by atoms with Crippen LogP contribution in [0.1, 0.15) is 45.2 Å². The highest BCUT2D eigenvalue weighted by atomic mass is 32.1. The lowest BCUT2D eigenvalue weighted by Crippen LogP contribution is -2.19. The average Bonchev–Trinajstić information content (AvgIpc) is 2.98. The van der Waals surface area contributed by atoms with Gasteiger partial charge in [0.25, 0.3) is 0 Å². The minimum Gasteiger partial charge on any atom is -0.332 e. The van der Waals surface area contributed by atoms with Gasteiger partial charge in [0.15, 0.2) is 10.8 Å². The standard InChI is InChI=1S/C19H23N5S/c1-12(2)14-5-7-16(8-6-14)22-19(25)23-17-9-15-10-21-24(13(3)4)18(15)20-11-17/h5-13H,1-4H3,(H2,22,23,25). The van der Waals surface area contributed by atoms with Crippen molar-refractivity contribution in [2.45, 2.75) is 39.7 Å². The Bertz CT molecular complexity index is 880. The number of rotatable bonds is 4. The summed E-state index contributed by atoms with van der Waals surface area (Å²) in [6, 6.07) is 10.6. The van der Waals surface area contributed by atoms with Gasteiger partial charge >= 0.3 is 0 Å². The van der Waals surface area contributed by atoms with Gasteiger partial charge in [0.05, 0.1) is 18.1 Å². The highest BCUT2D eigenvalue weighted by Crippen LogP contribution is 2.20. The van der Waals surface area contributed by atoms with Gasteiger partial charge in [-0.25, -0.2) is 9.67 Å². The Balaban J connectivity index is 1.69. The van der Waals surface area contributed by atoms with Gasteiger partial charge in [-0.05, 0) is 55.7 Å². The smallest absolute Gasteiger partial charge is 0.175 e. The molecule has 3 rings (SSSR count). The third-order valence-corrected chi connectivity index (χ3v) is 4.22. The molecule has 0 aliphatic rings. The Morgan fingerprint density at radius 1 is 1.00 bits per heavy atom. The molecule has 2 N–H and O–H groups in total. The Morgan fingerprint density at radius 3 is 2.32 bits per heavy atom. The fourth-order valence-electron chi connectivity index (χ4n) is 2.63. The first kappa shape index (κ1) is 17.4. The lowest BCUT2D eigenvalue weighted by Gasteiger charge is -2.12. The van der Waals surface area contributed by atoms with Crippen LogP contribution in [-0.2, 0) is 0 Å². The van der Waals surface area contributed by atoms with Gasteiger partial charge in [0.1, 0.15) is 0 Å². The predicted octanol–water partition coefficient (Wildman–Crippen LogP) is 4.94. The molecule has 2 heterocycles.